The molecule has 3 unspecified atom stereocenters. The Bertz CT molecular complexity index is 1080. The molecule has 0 aliphatic carbocycles. The summed E-state index contributed by atoms with van der Waals surface area (Å²) in [6.45, 7) is 2.67. The van der Waals surface area contributed by atoms with Gasteiger partial charge >= 0.3 is 0 Å². The molecule has 0 saturated carbocycles. The van der Waals surface area contributed by atoms with E-state index < -0.39 is 0 Å². The van der Waals surface area contributed by atoms with Crippen molar-refractivity contribution in [3.05, 3.63) is 65.9 Å². The van der Waals surface area contributed by atoms with Crippen LogP contribution in [0.2, 0.25) is 0 Å². The van der Waals surface area contributed by atoms with Crippen LogP contribution in [0, 0.1) is 5.92 Å². The molecule has 6 heteroatoms. The molecule has 0 radical (unpaired) electrons. The molecule has 2 N–H and O–H groups in total. The van der Waals surface area contributed by atoms with E-state index in [1.165, 1.54) is 0 Å². The van der Waals surface area contributed by atoms with E-state index in [9.17, 15) is 9.90 Å². The Balaban J connectivity index is 1.64. The first-order valence-electron chi connectivity index (χ1n) is 9.51. The average Bonchev–Trinajstić information content (AvgIpc) is 3.28. The third-order valence-corrected chi connectivity index (χ3v) is 5.70. The lowest BCUT2D eigenvalue weighted by Gasteiger charge is -2.21. The number of nitrogens with zero attached hydrogens (tertiary/aromatic N) is 2. The van der Waals surface area contributed by atoms with Crippen LogP contribution in [0.4, 0.5) is 0 Å². The van der Waals surface area contributed by atoms with Gasteiger partial charge in [0.1, 0.15) is 5.75 Å². The molecule has 1 aromatic heterocycles. The molecule has 2 bridgehead atoms. The lowest BCUT2D eigenvalue weighted by Crippen LogP contribution is -2.33. The summed E-state index contributed by atoms with van der Waals surface area (Å²) in [4.78, 5) is 18.5. The van der Waals surface area contributed by atoms with Gasteiger partial charge in [0.25, 0.3) is 0 Å². The summed E-state index contributed by atoms with van der Waals surface area (Å²) in [5, 5.41) is 18.1. The van der Waals surface area contributed by atoms with E-state index in [0.717, 1.165) is 27.7 Å². The summed E-state index contributed by atoms with van der Waals surface area (Å²) in [5.74, 6) is -0.0104. The maximum atomic E-state index is 12.6. The van der Waals surface area contributed by atoms with Crippen molar-refractivity contribution in [2.45, 2.75) is 25.5 Å². The smallest absolute Gasteiger partial charge is 0.220 e. The fourth-order valence-electron chi connectivity index (χ4n) is 4.23. The topological polar surface area (TPSA) is 75.8 Å². The molecule has 2 aliphatic rings. The van der Waals surface area contributed by atoms with E-state index in [0.29, 0.717) is 13.0 Å². The van der Waals surface area contributed by atoms with E-state index in [1.807, 2.05) is 24.3 Å². The first-order valence-corrected chi connectivity index (χ1v) is 9.51. The van der Waals surface area contributed by atoms with Gasteiger partial charge in [0.05, 0.1) is 11.6 Å². The Hall–Kier alpha value is -3.28. The first-order chi connectivity index (χ1) is 13.6. The molecule has 0 spiro atoms. The van der Waals surface area contributed by atoms with Gasteiger partial charge in [-0.25, -0.2) is 0 Å². The highest BCUT2D eigenvalue weighted by Crippen LogP contribution is 2.41. The molecule has 3 aromatic rings. The van der Waals surface area contributed by atoms with Gasteiger partial charge in [-0.3, -0.25) is 4.79 Å². The lowest BCUT2D eigenvalue weighted by molar-refractivity contribution is -0.122. The summed E-state index contributed by atoms with van der Waals surface area (Å²) in [7, 11) is 0. The maximum Gasteiger partial charge on any atom is 0.220 e. The molecule has 2 aromatic carbocycles. The van der Waals surface area contributed by atoms with Crippen LogP contribution in [-0.4, -0.2) is 27.8 Å². The Morgan fingerprint density at radius 1 is 1.18 bits per heavy atom. The van der Waals surface area contributed by atoms with Crippen molar-refractivity contribution in [3.63, 3.8) is 0 Å². The Morgan fingerprint density at radius 2 is 1.96 bits per heavy atom. The van der Waals surface area contributed by atoms with Gasteiger partial charge in [-0.15, -0.1) is 0 Å². The minimum atomic E-state index is -0.328. The summed E-state index contributed by atoms with van der Waals surface area (Å²) >= 11 is 0. The molecule has 28 heavy (non-hydrogen) atoms. The van der Waals surface area contributed by atoms with Crippen LogP contribution in [0.15, 0.2) is 59.9 Å². The van der Waals surface area contributed by atoms with Gasteiger partial charge in [0.15, 0.2) is 6.10 Å². The van der Waals surface area contributed by atoms with Crippen LogP contribution in [-0.2, 0) is 9.63 Å². The second kappa shape index (κ2) is 6.41. The van der Waals surface area contributed by atoms with Crippen molar-refractivity contribution < 1.29 is 14.7 Å². The number of phenols is 1. The summed E-state index contributed by atoms with van der Waals surface area (Å²) in [6.07, 6.45) is 2.11. The SMILES string of the molecule is CC1CNC(=O)CC2C(c3ccc(O)cc3)=NOC2c2cn1c1ccccc21. The molecule has 5 rings (SSSR count). The third-order valence-electron chi connectivity index (χ3n) is 5.70. The van der Waals surface area contributed by atoms with Crippen LogP contribution in [0.1, 0.15) is 36.6 Å². The number of fused-ring (bicyclic) bond motifs is 7. The fourth-order valence-corrected chi connectivity index (χ4v) is 4.23. The zero-order valence-electron chi connectivity index (χ0n) is 15.5. The predicted octanol–water partition coefficient (Wildman–Crippen LogP) is 3.52. The molecule has 142 valence electrons. The van der Waals surface area contributed by atoms with Gasteiger partial charge < -0.3 is 19.8 Å². The van der Waals surface area contributed by atoms with Gasteiger partial charge in [0.2, 0.25) is 5.91 Å². The summed E-state index contributed by atoms with van der Waals surface area (Å²) in [6, 6.07) is 15.2. The molecule has 0 fully saturated rings. The highest BCUT2D eigenvalue weighted by Gasteiger charge is 2.40. The number of carbonyl (C=O) groups excluding carboxylic acids is 1. The van der Waals surface area contributed by atoms with Crippen LogP contribution in [0.3, 0.4) is 0 Å². The van der Waals surface area contributed by atoms with Crippen molar-refractivity contribution in [2.75, 3.05) is 6.54 Å². The van der Waals surface area contributed by atoms with E-state index >= 15 is 0 Å². The summed E-state index contributed by atoms with van der Waals surface area (Å²) in [5.41, 5.74) is 3.78. The van der Waals surface area contributed by atoms with Gasteiger partial charge in [0, 0.05) is 47.2 Å². The Labute approximate surface area is 162 Å². The summed E-state index contributed by atoms with van der Waals surface area (Å²) < 4.78 is 2.20. The van der Waals surface area contributed by atoms with Crippen molar-refractivity contribution in [1.29, 1.82) is 0 Å². The predicted molar refractivity (Wildman–Crippen MR) is 106 cm³/mol. The molecular weight excluding hydrogens is 354 g/mol. The number of benzene rings is 2. The lowest BCUT2D eigenvalue weighted by atomic mass is 9.86. The van der Waals surface area contributed by atoms with Crippen molar-refractivity contribution >= 4 is 22.5 Å². The van der Waals surface area contributed by atoms with Crippen molar-refractivity contribution in [3.8, 4) is 5.75 Å². The van der Waals surface area contributed by atoms with Gasteiger partial charge in [-0.2, -0.15) is 0 Å². The largest absolute Gasteiger partial charge is 0.508 e. The number of aromatic nitrogens is 1. The normalized spacial score (nSPS) is 24.2. The number of phenolic OH excluding ortho intramolecular Hbond substituents is 1. The number of carbonyl (C=O) groups is 1. The van der Waals surface area contributed by atoms with Crippen molar-refractivity contribution in [2.24, 2.45) is 11.1 Å². The van der Waals surface area contributed by atoms with E-state index in [1.54, 1.807) is 12.1 Å². The molecule has 3 heterocycles. The number of aromatic hydroxyl groups is 1. The number of hydrogen-bond acceptors (Lipinski definition) is 4. The van der Waals surface area contributed by atoms with E-state index in [2.05, 4.69) is 40.3 Å². The highest BCUT2D eigenvalue weighted by atomic mass is 16.6. The second-order valence-electron chi connectivity index (χ2n) is 7.52. The van der Waals surface area contributed by atoms with Crippen LogP contribution < -0.4 is 5.32 Å². The average molecular weight is 375 g/mol. The van der Waals surface area contributed by atoms with Crippen molar-refractivity contribution in [1.82, 2.24) is 9.88 Å². The van der Waals surface area contributed by atoms with Gasteiger partial charge in [-0.05, 0) is 37.3 Å². The van der Waals surface area contributed by atoms with Crippen LogP contribution in [0.25, 0.3) is 10.9 Å². The molecule has 0 saturated heterocycles. The molecule has 6 nitrogen and oxygen atoms in total. The molecule has 3 atom stereocenters. The van der Waals surface area contributed by atoms with E-state index in [4.69, 9.17) is 4.84 Å². The standard InChI is InChI=1S/C22H21N3O3/c1-13-11-23-20(27)10-17-21(14-6-8-15(26)9-7-14)24-28-22(17)18-12-25(13)19-5-3-2-4-16(18)19/h2-9,12-13,17,22,26H,10-11H2,1H3,(H,23,27). The number of nitrogens with one attached hydrogen (secondary N) is 1. The number of amides is 1. The number of rotatable bonds is 1. The van der Waals surface area contributed by atoms with E-state index in [-0.39, 0.29) is 29.7 Å². The number of oxime groups is 1. The Morgan fingerprint density at radius 3 is 2.79 bits per heavy atom. The maximum absolute atomic E-state index is 12.6. The Kier molecular flexibility index (Phi) is 3.86. The molecule has 1 amide bonds. The monoisotopic (exact) mass is 375 g/mol. The minimum Gasteiger partial charge on any atom is -0.508 e. The van der Waals surface area contributed by atoms with Crippen LogP contribution >= 0.6 is 0 Å². The third kappa shape index (κ3) is 2.64. The fraction of sp³-hybridized carbons (Fsp3) is 0.273. The molecule has 2 aliphatic heterocycles. The van der Waals surface area contributed by atoms with Crippen LogP contribution in [0.5, 0.6) is 5.75 Å². The zero-order valence-corrected chi connectivity index (χ0v) is 15.5. The quantitative estimate of drug-likeness (QED) is 0.683. The highest BCUT2D eigenvalue weighted by molar-refractivity contribution is 6.05. The first kappa shape index (κ1) is 16.9. The molecular formula is C22H21N3O3. The minimum absolute atomic E-state index is 0.00835. The number of para-hydroxylation sites is 1. The zero-order chi connectivity index (χ0) is 19.3. The van der Waals surface area contributed by atoms with Gasteiger partial charge in [-0.1, -0.05) is 23.4 Å². The number of hydrogen-bond donors (Lipinski definition) is 2. The second-order valence-corrected chi connectivity index (χ2v) is 7.52.